The van der Waals surface area contributed by atoms with Crippen LogP contribution >= 0.6 is 0 Å². The second-order valence-electron chi connectivity index (χ2n) is 7.54. The van der Waals surface area contributed by atoms with Crippen molar-refractivity contribution in [3.8, 4) is 0 Å². The van der Waals surface area contributed by atoms with Gasteiger partial charge in [0.1, 0.15) is 0 Å². The summed E-state index contributed by atoms with van der Waals surface area (Å²) in [6.45, 7) is 11.9. The highest BCUT2D eigenvalue weighted by Gasteiger charge is 2.30. The van der Waals surface area contributed by atoms with E-state index in [-0.39, 0.29) is 0 Å². The van der Waals surface area contributed by atoms with Gasteiger partial charge in [0.15, 0.2) is 0 Å². The Labute approximate surface area is 114 Å². The third-order valence-corrected chi connectivity index (χ3v) is 4.51. The van der Waals surface area contributed by atoms with Crippen molar-refractivity contribution in [2.24, 2.45) is 11.3 Å². The van der Waals surface area contributed by atoms with E-state index in [9.17, 15) is 5.11 Å². The molecule has 18 heavy (non-hydrogen) atoms. The minimum atomic E-state index is -0.532. The van der Waals surface area contributed by atoms with E-state index >= 15 is 0 Å². The Hall–Kier alpha value is -0.0800. The van der Waals surface area contributed by atoms with Crippen LogP contribution in [0.25, 0.3) is 0 Å². The van der Waals surface area contributed by atoms with Crippen LogP contribution in [0.4, 0.5) is 0 Å². The Kier molecular flexibility index (Phi) is 5.67. The predicted molar refractivity (Wildman–Crippen MR) is 78.7 cm³/mol. The fraction of sp³-hybridized carbons (Fsp3) is 1.00. The lowest BCUT2D eigenvalue weighted by atomic mass is 9.71. The first-order valence-electron chi connectivity index (χ1n) is 7.70. The van der Waals surface area contributed by atoms with Crippen LogP contribution in [0.15, 0.2) is 0 Å². The Morgan fingerprint density at radius 1 is 1.06 bits per heavy atom. The van der Waals surface area contributed by atoms with Crippen LogP contribution in [-0.2, 0) is 0 Å². The minimum Gasteiger partial charge on any atom is -0.389 e. The van der Waals surface area contributed by atoms with E-state index in [0.29, 0.717) is 11.5 Å². The molecule has 0 bridgehead atoms. The summed E-state index contributed by atoms with van der Waals surface area (Å²) >= 11 is 0. The fourth-order valence-corrected chi connectivity index (χ4v) is 3.15. The quantitative estimate of drug-likeness (QED) is 0.784. The van der Waals surface area contributed by atoms with Crippen LogP contribution in [0.5, 0.6) is 0 Å². The summed E-state index contributed by atoms with van der Waals surface area (Å²) in [6.07, 6.45) is 7.13. The van der Waals surface area contributed by atoms with Gasteiger partial charge in [0.2, 0.25) is 0 Å². The first-order valence-corrected chi connectivity index (χ1v) is 7.70. The van der Waals surface area contributed by atoms with Gasteiger partial charge < -0.3 is 10.4 Å². The molecule has 1 atom stereocenters. The lowest BCUT2D eigenvalue weighted by Crippen LogP contribution is -2.44. The predicted octanol–water partition coefficient (Wildman–Crippen LogP) is 3.73. The Morgan fingerprint density at radius 3 is 2.06 bits per heavy atom. The van der Waals surface area contributed by atoms with Crippen LogP contribution in [0, 0.1) is 11.3 Å². The molecule has 1 unspecified atom stereocenters. The van der Waals surface area contributed by atoms with Crippen molar-refractivity contribution in [1.29, 1.82) is 0 Å². The average molecular weight is 255 g/mol. The van der Waals surface area contributed by atoms with Crippen LogP contribution < -0.4 is 5.32 Å². The number of hydrogen-bond acceptors (Lipinski definition) is 2. The Bertz CT molecular complexity index is 234. The maximum atomic E-state index is 10.2. The van der Waals surface area contributed by atoms with E-state index in [0.717, 1.165) is 25.3 Å². The van der Waals surface area contributed by atoms with Crippen molar-refractivity contribution in [2.45, 2.75) is 84.8 Å². The lowest BCUT2D eigenvalue weighted by Gasteiger charge is -2.38. The molecule has 0 aliphatic heterocycles. The second kappa shape index (κ2) is 6.38. The summed E-state index contributed by atoms with van der Waals surface area (Å²) in [5.74, 6) is 0.867. The number of nitrogens with one attached hydrogen (secondary N) is 1. The standard InChI is InChI=1S/C16H33NO/c1-6-11-16(5,18)12-17-14-9-7-13(8-10-14)15(2,3)4/h13-14,17-18H,6-12H2,1-5H3. The van der Waals surface area contributed by atoms with E-state index in [1.54, 1.807) is 0 Å². The topological polar surface area (TPSA) is 32.3 Å². The monoisotopic (exact) mass is 255 g/mol. The SMILES string of the molecule is CCCC(C)(O)CNC1CCC(C(C)(C)C)CC1. The fourth-order valence-electron chi connectivity index (χ4n) is 3.15. The largest absolute Gasteiger partial charge is 0.389 e. The van der Waals surface area contributed by atoms with Gasteiger partial charge in [0.05, 0.1) is 5.60 Å². The first-order chi connectivity index (χ1) is 8.24. The Balaban J connectivity index is 2.28. The summed E-state index contributed by atoms with van der Waals surface area (Å²) in [5.41, 5.74) is -0.0751. The molecule has 0 amide bonds. The molecule has 1 saturated carbocycles. The highest BCUT2D eigenvalue weighted by atomic mass is 16.3. The van der Waals surface area contributed by atoms with Crippen molar-refractivity contribution in [2.75, 3.05) is 6.54 Å². The lowest BCUT2D eigenvalue weighted by molar-refractivity contribution is 0.0433. The van der Waals surface area contributed by atoms with Gasteiger partial charge >= 0.3 is 0 Å². The molecule has 1 aliphatic rings. The van der Waals surface area contributed by atoms with Gasteiger partial charge in [-0.1, -0.05) is 34.1 Å². The van der Waals surface area contributed by atoms with Crippen molar-refractivity contribution >= 4 is 0 Å². The molecule has 2 heteroatoms. The van der Waals surface area contributed by atoms with E-state index in [4.69, 9.17) is 0 Å². The molecular formula is C16H33NO. The second-order valence-corrected chi connectivity index (χ2v) is 7.54. The van der Waals surface area contributed by atoms with Crippen molar-refractivity contribution < 1.29 is 5.11 Å². The molecule has 0 spiro atoms. The molecule has 1 fully saturated rings. The van der Waals surface area contributed by atoms with Gasteiger partial charge in [-0.3, -0.25) is 0 Å². The van der Waals surface area contributed by atoms with Crippen molar-refractivity contribution in [1.82, 2.24) is 5.32 Å². The smallest absolute Gasteiger partial charge is 0.0743 e. The number of rotatable bonds is 5. The summed E-state index contributed by atoms with van der Waals surface area (Å²) in [7, 11) is 0. The zero-order valence-electron chi connectivity index (χ0n) is 13.1. The molecule has 1 rings (SSSR count). The molecular weight excluding hydrogens is 222 g/mol. The van der Waals surface area contributed by atoms with Crippen LogP contribution in [0.3, 0.4) is 0 Å². The minimum absolute atomic E-state index is 0.457. The highest BCUT2D eigenvalue weighted by Crippen LogP contribution is 2.37. The van der Waals surface area contributed by atoms with E-state index in [2.05, 4.69) is 33.0 Å². The maximum absolute atomic E-state index is 10.2. The Morgan fingerprint density at radius 2 is 1.61 bits per heavy atom. The molecule has 0 aromatic carbocycles. The highest BCUT2D eigenvalue weighted by molar-refractivity contribution is 4.85. The molecule has 1 aliphatic carbocycles. The third kappa shape index (κ3) is 5.27. The molecule has 0 saturated heterocycles. The first kappa shape index (κ1) is 16.0. The third-order valence-electron chi connectivity index (χ3n) is 4.51. The van der Waals surface area contributed by atoms with Gasteiger partial charge in [0.25, 0.3) is 0 Å². The van der Waals surface area contributed by atoms with Crippen LogP contribution in [0.1, 0.15) is 73.1 Å². The van der Waals surface area contributed by atoms with Crippen molar-refractivity contribution in [3.05, 3.63) is 0 Å². The maximum Gasteiger partial charge on any atom is 0.0743 e. The van der Waals surface area contributed by atoms with Gasteiger partial charge in [-0.15, -0.1) is 0 Å². The number of aliphatic hydroxyl groups is 1. The summed E-state index contributed by atoms with van der Waals surface area (Å²) < 4.78 is 0. The van der Waals surface area contributed by atoms with E-state index in [1.165, 1.54) is 25.7 Å². The number of hydrogen-bond donors (Lipinski definition) is 2. The molecule has 2 N–H and O–H groups in total. The molecule has 2 nitrogen and oxygen atoms in total. The van der Waals surface area contributed by atoms with E-state index < -0.39 is 5.60 Å². The van der Waals surface area contributed by atoms with E-state index in [1.807, 2.05) is 6.92 Å². The van der Waals surface area contributed by atoms with Gasteiger partial charge in [-0.05, 0) is 50.4 Å². The molecule has 0 aromatic heterocycles. The summed E-state index contributed by atoms with van der Waals surface area (Å²) in [5, 5.41) is 13.7. The average Bonchev–Trinajstić information content (AvgIpc) is 2.26. The van der Waals surface area contributed by atoms with Crippen LogP contribution in [0.2, 0.25) is 0 Å². The molecule has 0 heterocycles. The van der Waals surface area contributed by atoms with Crippen molar-refractivity contribution in [3.63, 3.8) is 0 Å². The zero-order valence-corrected chi connectivity index (χ0v) is 13.1. The van der Waals surface area contributed by atoms with Crippen LogP contribution in [-0.4, -0.2) is 23.3 Å². The molecule has 108 valence electrons. The summed E-state index contributed by atoms with van der Waals surface area (Å²) in [4.78, 5) is 0. The molecule has 0 radical (unpaired) electrons. The van der Waals surface area contributed by atoms with Gasteiger partial charge in [-0.2, -0.15) is 0 Å². The van der Waals surface area contributed by atoms with Gasteiger partial charge in [-0.25, -0.2) is 0 Å². The van der Waals surface area contributed by atoms with Gasteiger partial charge in [0, 0.05) is 12.6 Å². The molecule has 0 aromatic rings. The summed E-state index contributed by atoms with van der Waals surface area (Å²) in [6, 6.07) is 0.618. The zero-order chi connectivity index (χ0) is 13.8. The normalized spacial score (nSPS) is 29.0.